The fourth-order valence-corrected chi connectivity index (χ4v) is 4.47. The highest BCUT2D eigenvalue weighted by Gasteiger charge is 2.50. The van der Waals surface area contributed by atoms with E-state index in [-0.39, 0.29) is 36.3 Å². The lowest BCUT2D eigenvalue weighted by Crippen LogP contribution is -2.76. The van der Waals surface area contributed by atoms with Gasteiger partial charge in [0.2, 0.25) is 11.8 Å². The number of hydrogen-bond donors (Lipinski definition) is 1. The van der Waals surface area contributed by atoms with Crippen molar-refractivity contribution in [2.24, 2.45) is 0 Å². The highest BCUT2D eigenvalue weighted by molar-refractivity contribution is 6.20. The Kier molecular flexibility index (Phi) is 8.37. The molecule has 0 saturated carbocycles. The Morgan fingerprint density at radius 3 is 2.62 bits per heavy atom. The maximum atomic E-state index is 13.3. The van der Waals surface area contributed by atoms with E-state index < -0.39 is 12.2 Å². The summed E-state index contributed by atoms with van der Waals surface area (Å²) in [6.45, 7) is 5.19. The first-order valence-electron chi connectivity index (χ1n) is 11.4. The van der Waals surface area contributed by atoms with Gasteiger partial charge in [-0.05, 0) is 25.3 Å². The largest absolute Gasteiger partial charge is 0.337 e. The molecular weight excluding hydrogens is 430 g/mol. The van der Waals surface area contributed by atoms with E-state index in [0.29, 0.717) is 25.9 Å². The number of halogens is 1. The van der Waals surface area contributed by atoms with Crippen LogP contribution in [0.15, 0.2) is 30.3 Å². The summed E-state index contributed by atoms with van der Waals surface area (Å²) in [7, 11) is 1.74. The first-order valence-corrected chi connectivity index (χ1v) is 11.8. The number of unbranched alkanes of at least 4 members (excludes halogenated alkanes) is 1. The number of likely N-dealkylation sites (N-methyl/N-ethyl adjacent to an activating group) is 1. The third-order valence-corrected chi connectivity index (χ3v) is 6.28. The lowest BCUT2D eigenvalue weighted by Gasteiger charge is -2.54. The number of nitrogens with one attached hydrogen (secondary N) is 1. The number of urea groups is 1. The zero-order valence-corrected chi connectivity index (χ0v) is 19.9. The van der Waals surface area contributed by atoms with E-state index in [9.17, 15) is 14.4 Å². The molecule has 0 bridgehead atoms. The number of hydrazine groups is 1. The summed E-state index contributed by atoms with van der Waals surface area (Å²) in [6, 6.07) is 8.85. The van der Waals surface area contributed by atoms with E-state index in [4.69, 9.17) is 11.6 Å². The van der Waals surface area contributed by atoms with Crippen LogP contribution in [-0.4, -0.2) is 81.9 Å². The minimum absolute atomic E-state index is 0.0467. The van der Waals surface area contributed by atoms with Crippen molar-refractivity contribution in [3.63, 3.8) is 0 Å². The highest BCUT2D eigenvalue weighted by Crippen LogP contribution is 2.28. The third-order valence-electron chi connectivity index (χ3n) is 6.06. The second-order valence-corrected chi connectivity index (χ2v) is 9.34. The van der Waals surface area contributed by atoms with Gasteiger partial charge < -0.3 is 15.1 Å². The fourth-order valence-electron chi connectivity index (χ4n) is 4.37. The van der Waals surface area contributed by atoms with Crippen LogP contribution in [0.1, 0.15) is 45.1 Å². The van der Waals surface area contributed by atoms with Crippen LogP contribution in [0.2, 0.25) is 0 Å². The predicted octanol–water partition coefficient (Wildman–Crippen LogP) is 2.63. The number of nitrogens with zero attached hydrogens (tertiary/aromatic N) is 4. The van der Waals surface area contributed by atoms with Crippen LogP contribution in [-0.2, 0) is 16.1 Å². The number of fused-ring (bicyclic) bond motifs is 1. The molecule has 176 valence electrons. The Balaban J connectivity index is 1.83. The SMILES string of the molecule is CCCC[C@H]1C(=O)N(CCC(C)Cl)C[C@H]2N1C(=O)CN(C)N2C(=O)NCc1ccccc1. The van der Waals surface area contributed by atoms with Gasteiger partial charge in [0.25, 0.3) is 0 Å². The smallest absolute Gasteiger partial charge is 0.334 e. The number of carbonyl (C=O) groups excluding carboxylic acids is 3. The van der Waals surface area contributed by atoms with E-state index in [1.807, 2.05) is 37.3 Å². The van der Waals surface area contributed by atoms with Gasteiger partial charge in [-0.3, -0.25) is 9.59 Å². The zero-order valence-electron chi connectivity index (χ0n) is 19.2. The molecule has 32 heavy (non-hydrogen) atoms. The average Bonchev–Trinajstić information content (AvgIpc) is 2.76. The molecule has 0 spiro atoms. The molecule has 1 unspecified atom stereocenters. The second kappa shape index (κ2) is 11.0. The topological polar surface area (TPSA) is 76.2 Å². The molecule has 4 amide bonds. The first-order chi connectivity index (χ1) is 15.3. The van der Waals surface area contributed by atoms with Crippen LogP contribution in [0.5, 0.6) is 0 Å². The zero-order chi connectivity index (χ0) is 23.3. The Bertz CT molecular complexity index is 806. The van der Waals surface area contributed by atoms with Crippen molar-refractivity contribution in [1.29, 1.82) is 0 Å². The lowest BCUT2D eigenvalue weighted by atomic mass is 10.0. The van der Waals surface area contributed by atoms with Crippen molar-refractivity contribution < 1.29 is 14.4 Å². The quantitative estimate of drug-likeness (QED) is 0.601. The summed E-state index contributed by atoms with van der Waals surface area (Å²) in [5, 5.41) is 6.15. The number of rotatable bonds is 8. The van der Waals surface area contributed by atoms with Gasteiger partial charge >= 0.3 is 6.03 Å². The van der Waals surface area contributed by atoms with Crippen molar-refractivity contribution in [3.05, 3.63) is 35.9 Å². The van der Waals surface area contributed by atoms with Crippen molar-refractivity contribution in [1.82, 2.24) is 25.1 Å². The van der Waals surface area contributed by atoms with E-state index in [0.717, 1.165) is 18.4 Å². The number of amides is 4. The van der Waals surface area contributed by atoms with Crippen LogP contribution in [0, 0.1) is 0 Å². The number of hydrogen-bond acceptors (Lipinski definition) is 4. The summed E-state index contributed by atoms with van der Waals surface area (Å²) in [4.78, 5) is 42.9. The Labute approximate surface area is 195 Å². The Morgan fingerprint density at radius 2 is 1.97 bits per heavy atom. The molecular formula is C23H34ClN5O3. The van der Waals surface area contributed by atoms with Gasteiger partial charge in [-0.1, -0.05) is 50.1 Å². The van der Waals surface area contributed by atoms with Crippen molar-refractivity contribution in [2.45, 2.75) is 63.7 Å². The molecule has 3 rings (SSSR count). The molecule has 2 aliphatic rings. The highest BCUT2D eigenvalue weighted by atomic mass is 35.5. The maximum absolute atomic E-state index is 13.3. The molecule has 0 radical (unpaired) electrons. The molecule has 2 heterocycles. The minimum atomic E-state index is -0.551. The van der Waals surface area contributed by atoms with Gasteiger partial charge in [-0.25, -0.2) is 14.8 Å². The maximum Gasteiger partial charge on any atom is 0.334 e. The fraction of sp³-hybridized carbons (Fsp3) is 0.609. The molecule has 9 heteroatoms. The molecule has 2 fully saturated rings. The summed E-state index contributed by atoms with van der Waals surface area (Å²) in [6.07, 6.45) is 2.47. The predicted molar refractivity (Wildman–Crippen MR) is 124 cm³/mol. The minimum Gasteiger partial charge on any atom is -0.337 e. The van der Waals surface area contributed by atoms with E-state index >= 15 is 0 Å². The van der Waals surface area contributed by atoms with Crippen LogP contribution in [0.4, 0.5) is 4.79 Å². The van der Waals surface area contributed by atoms with Crippen molar-refractivity contribution in [3.8, 4) is 0 Å². The number of piperazine rings is 1. The third kappa shape index (κ3) is 5.53. The van der Waals surface area contributed by atoms with E-state index in [1.54, 1.807) is 26.9 Å². The van der Waals surface area contributed by atoms with Crippen molar-refractivity contribution in [2.75, 3.05) is 26.7 Å². The molecule has 2 aliphatic heterocycles. The van der Waals surface area contributed by atoms with Gasteiger partial charge in [-0.2, -0.15) is 0 Å². The van der Waals surface area contributed by atoms with Crippen LogP contribution in [0.25, 0.3) is 0 Å². The standard InChI is InChI=1S/C23H34ClN5O3/c1-4-5-11-19-22(31)27(13-12-17(2)24)15-20-28(19)21(30)16-26(3)29(20)23(32)25-14-18-9-7-6-8-10-18/h6-10,17,19-20H,4-5,11-16H2,1-3H3,(H,25,32)/t17?,19-,20-/m0/s1. The van der Waals surface area contributed by atoms with Gasteiger partial charge in [-0.15, -0.1) is 11.6 Å². The lowest BCUT2D eigenvalue weighted by molar-refractivity contribution is -0.187. The summed E-state index contributed by atoms with van der Waals surface area (Å²) < 4.78 is 0. The normalized spacial score (nSPS) is 22.7. The first kappa shape index (κ1) is 24.3. The molecule has 1 N–H and O–H groups in total. The molecule has 1 aromatic carbocycles. The average molecular weight is 464 g/mol. The monoisotopic (exact) mass is 463 g/mol. The number of benzene rings is 1. The summed E-state index contributed by atoms with van der Waals surface area (Å²) in [5.41, 5.74) is 0.991. The molecule has 0 aromatic heterocycles. The second-order valence-electron chi connectivity index (χ2n) is 8.60. The van der Waals surface area contributed by atoms with Crippen LogP contribution < -0.4 is 5.32 Å². The molecule has 0 aliphatic carbocycles. The summed E-state index contributed by atoms with van der Waals surface area (Å²) in [5.74, 6) is -0.168. The van der Waals surface area contributed by atoms with E-state index in [2.05, 4.69) is 12.2 Å². The Hall–Kier alpha value is -2.32. The number of alkyl halides is 1. The van der Waals surface area contributed by atoms with Gasteiger partial charge in [0.1, 0.15) is 12.2 Å². The molecule has 2 saturated heterocycles. The molecule has 3 atom stereocenters. The summed E-state index contributed by atoms with van der Waals surface area (Å²) >= 11 is 6.14. The van der Waals surface area contributed by atoms with Crippen LogP contribution in [0.3, 0.4) is 0 Å². The van der Waals surface area contributed by atoms with Gasteiger partial charge in [0.15, 0.2) is 0 Å². The van der Waals surface area contributed by atoms with Crippen LogP contribution >= 0.6 is 11.6 Å². The molecule has 8 nitrogen and oxygen atoms in total. The van der Waals surface area contributed by atoms with Gasteiger partial charge in [0, 0.05) is 25.5 Å². The number of carbonyl (C=O) groups is 3. The molecule has 1 aromatic rings. The van der Waals surface area contributed by atoms with Gasteiger partial charge in [0.05, 0.1) is 13.1 Å². The van der Waals surface area contributed by atoms with E-state index in [1.165, 1.54) is 0 Å². The Morgan fingerprint density at radius 1 is 1.25 bits per heavy atom. The van der Waals surface area contributed by atoms with Crippen molar-refractivity contribution >= 4 is 29.4 Å².